The number of halogens is 1. The number of aliphatic imine (C=N–C) groups is 1. The van der Waals surface area contributed by atoms with Gasteiger partial charge in [0.2, 0.25) is 0 Å². The van der Waals surface area contributed by atoms with Gasteiger partial charge in [-0.15, -0.1) is 0 Å². The van der Waals surface area contributed by atoms with E-state index >= 15 is 0 Å². The normalized spacial score (nSPS) is 13.1. The third-order valence-electron chi connectivity index (χ3n) is 4.49. The molecule has 0 spiro atoms. The Hall–Kier alpha value is -2.33. The highest BCUT2D eigenvalue weighted by molar-refractivity contribution is 9.10. The van der Waals surface area contributed by atoms with E-state index in [4.69, 9.17) is 4.74 Å². The molecule has 3 aromatic rings. The smallest absolute Gasteiger partial charge is 0.166 e. The van der Waals surface area contributed by atoms with E-state index in [0.29, 0.717) is 11.3 Å². The molecule has 4 heteroatoms. The Kier molecular flexibility index (Phi) is 3.77. The van der Waals surface area contributed by atoms with E-state index < -0.39 is 0 Å². The minimum absolute atomic E-state index is 0.0929. The number of hydrogen-bond donors (Lipinski definition) is 1. The zero-order valence-corrected chi connectivity index (χ0v) is 14.8. The molecule has 0 aromatic heterocycles. The molecule has 0 aliphatic heterocycles. The van der Waals surface area contributed by atoms with Crippen molar-refractivity contribution in [2.45, 2.75) is 12.8 Å². The van der Waals surface area contributed by atoms with Gasteiger partial charge < -0.3 is 9.84 Å². The van der Waals surface area contributed by atoms with E-state index in [-0.39, 0.29) is 5.75 Å². The van der Waals surface area contributed by atoms with Crippen LogP contribution in [0.1, 0.15) is 16.7 Å². The maximum atomic E-state index is 10.3. The molecule has 0 amide bonds. The van der Waals surface area contributed by atoms with Crippen LogP contribution in [0.25, 0.3) is 10.8 Å². The molecule has 4 rings (SSSR count). The predicted molar refractivity (Wildman–Crippen MR) is 101 cm³/mol. The lowest BCUT2D eigenvalue weighted by molar-refractivity contribution is 0.373. The molecule has 0 atom stereocenters. The standard InChI is InChI=1S/C20H16BrNO2/c1-24-18-10-15(21)9-14(20(18)23)11-22-17-8-7-13-6-5-12-3-2-4-16(17)19(12)13/h2-4,7-11,23H,5-6H2,1H3. The quantitative estimate of drug-likeness (QED) is 0.636. The Morgan fingerprint density at radius 1 is 1.12 bits per heavy atom. The highest BCUT2D eigenvalue weighted by Gasteiger charge is 2.15. The summed E-state index contributed by atoms with van der Waals surface area (Å²) < 4.78 is 6.02. The first-order valence-corrected chi connectivity index (χ1v) is 8.60. The zero-order chi connectivity index (χ0) is 16.7. The first-order chi connectivity index (χ1) is 11.7. The molecule has 0 radical (unpaired) electrons. The van der Waals surface area contributed by atoms with Crippen LogP contribution in [0.5, 0.6) is 11.5 Å². The van der Waals surface area contributed by atoms with Crippen LogP contribution in [0.4, 0.5) is 5.69 Å². The second-order valence-corrected chi connectivity index (χ2v) is 6.80. The molecule has 1 N–H and O–H groups in total. The van der Waals surface area contributed by atoms with Gasteiger partial charge in [-0.1, -0.05) is 40.2 Å². The van der Waals surface area contributed by atoms with Crippen LogP contribution >= 0.6 is 15.9 Å². The van der Waals surface area contributed by atoms with Crippen LogP contribution in [0.2, 0.25) is 0 Å². The number of benzene rings is 3. The van der Waals surface area contributed by atoms with Crippen molar-refractivity contribution in [1.29, 1.82) is 0 Å². The fourth-order valence-electron chi connectivity index (χ4n) is 3.33. The molecule has 0 bridgehead atoms. The first-order valence-electron chi connectivity index (χ1n) is 7.81. The zero-order valence-electron chi connectivity index (χ0n) is 13.2. The minimum atomic E-state index is 0.0929. The van der Waals surface area contributed by atoms with Gasteiger partial charge in [-0.2, -0.15) is 0 Å². The summed E-state index contributed by atoms with van der Waals surface area (Å²) >= 11 is 3.43. The molecule has 24 heavy (non-hydrogen) atoms. The Bertz CT molecular complexity index is 969. The van der Waals surface area contributed by atoms with E-state index in [2.05, 4.69) is 51.3 Å². The van der Waals surface area contributed by atoms with Crippen molar-refractivity contribution in [3.63, 3.8) is 0 Å². The van der Waals surface area contributed by atoms with Crippen LogP contribution in [-0.2, 0) is 12.8 Å². The number of aromatic hydroxyl groups is 1. The van der Waals surface area contributed by atoms with Crippen molar-refractivity contribution in [2.24, 2.45) is 4.99 Å². The van der Waals surface area contributed by atoms with E-state index in [9.17, 15) is 5.11 Å². The number of phenols is 1. The van der Waals surface area contributed by atoms with Gasteiger partial charge >= 0.3 is 0 Å². The van der Waals surface area contributed by atoms with E-state index in [0.717, 1.165) is 23.0 Å². The Morgan fingerprint density at radius 2 is 1.92 bits per heavy atom. The van der Waals surface area contributed by atoms with E-state index in [1.54, 1.807) is 12.3 Å². The fourth-order valence-corrected chi connectivity index (χ4v) is 3.79. The Balaban J connectivity index is 1.81. The van der Waals surface area contributed by atoms with Gasteiger partial charge in [0.1, 0.15) is 0 Å². The van der Waals surface area contributed by atoms with Crippen LogP contribution in [0, 0.1) is 0 Å². The number of aryl methyl sites for hydroxylation is 2. The molecule has 120 valence electrons. The number of nitrogens with zero attached hydrogens (tertiary/aromatic N) is 1. The molecule has 1 aliphatic carbocycles. The molecule has 0 fully saturated rings. The molecule has 3 nitrogen and oxygen atoms in total. The molecule has 0 saturated carbocycles. The van der Waals surface area contributed by atoms with Gasteiger partial charge in [-0.05, 0) is 47.6 Å². The molecule has 0 heterocycles. The van der Waals surface area contributed by atoms with Gasteiger partial charge in [0, 0.05) is 21.6 Å². The average molecular weight is 382 g/mol. The summed E-state index contributed by atoms with van der Waals surface area (Å²) in [6.07, 6.45) is 3.88. The van der Waals surface area contributed by atoms with Crippen molar-refractivity contribution < 1.29 is 9.84 Å². The molecule has 0 saturated heterocycles. The van der Waals surface area contributed by atoms with Crippen molar-refractivity contribution in [2.75, 3.05) is 7.11 Å². The second kappa shape index (κ2) is 5.95. The summed E-state index contributed by atoms with van der Waals surface area (Å²) in [6.45, 7) is 0. The van der Waals surface area contributed by atoms with Gasteiger partial charge in [-0.25, -0.2) is 0 Å². The van der Waals surface area contributed by atoms with E-state index in [1.807, 2.05) is 6.07 Å². The Labute approximate surface area is 148 Å². The number of methoxy groups -OCH3 is 1. The average Bonchev–Trinajstić information content (AvgIpc) is 3.02. The largest absolute Gasteiger partial charge is 0.504 e. The van der Waals surface area contributed by atoms with Crippen LogP contribution in [-0.4, -0.2) is 18.4 Å². The van der Waals surface area contributed by atoms with Crippen molar-refractivity contribution in [3.8, 4) is 11.5 Å². The molecule has 0 unspecified atom stereocenters. The molecular weight excluding hydrogens is 366 g/mol. The van der Waals surface area contributed by atoms with Gasteiger partial charge in [0.25, 0.3) is 0 Å². The summed E-state index contributed by atoms with van der Waals surface area (Å²) in [7, 11) is 1.53. The monoisotopic (exact) mass is 381 g/mol. The molecule has 1 aliphatic rings. The predicted octanol–water partition coefficient (Wildman–Crippen LogP) is 5.17. The summed E-state index contributed by atoms with van der Waals surface area (Å²) in [6, 6.07) is 14.2. The Morgan fingerprint density at radius 3 is 2.71 bits per heavy atom. The number of ether oxygens (including phenoxy) is 1. The van der Waals surface area contributed by atoms with Crippen LogP contribution in [0.15, 0.2) is 51.9 Å². The summed E-state index contributed by atoms with van der Waals surface area (Å²) in [5.41, 5.74) is 4.32. The van der Waals surface area contributed by atoms with Gasteiger partial charge in [0.15, 0.2) is 11.5 Å². The number of hydrogen-bond acceptors (Lipinski definition) is 3. The van der Waals surface area contributed by atoms with Crippen molar-refractivity contribution in [1.82, 2.24) is 0 Å². The van der Waals surface area contributed by atoms with Crippen LogP contribution in [0.3, 0.4) is 0 Å². The maximum absolute atomic E-state index is 10.3. The fraction of sp³-hybridized carbons (Fsp3) is 0.150. The van der Waals surface area contributed by atoms with Crippen LogP contribution < -0.4 is 4.74 Å². The third-order valence-corrected chi connectivity index (χ3v) is 4.94. The highest BCUT2D eigenvalue weighted by Crippen LogP contribution is 2.37. The van der Waals surface area contributed by atoms with Gasteiger partial charge in [0.05, 0.1) is 12.8 Å². The molecular formula is C20H16BrNO2. The first kappa shape index (κ1) is 15.2. The SMILES string of the molecule is COc1cc(Br)cc(C=Nc2ccc3c4c(cccc24)CC3)c1O. The second-order valence-electron chi connectivity index (χ2n) is 5.89. The summed E-state index contributed by atoms with van der Waals surface area (Å²) in [5.74, 6) is 0.515. The minimum Gasteiger partial charge on any atom is -0.504 e. The summed E-state index contributed by atoms with van der Waals surface area (Å²) in [4.78, 5) is 4.63. The third kappa shape index (κ3) is 2.47. The lowest BCUT2D eigenvalue weighted by Crippen LogP contribution is -1.89. The number of rotatable bonds is 3. The lowest BCUT2D eigenvalue weighted by Gasteiger charge is -2.08. The summed E-state index contributed by atoms with van der Waals surface area (Å²) in [5, 5.41) is 12.8. The van der Waals surface area contributed by atoms with Crippen molar-refractivity contribution in [3.05, 3.63) is 63.6 Å². The maximum Gasteiger partial charge on any atom is 0.166 e. The van der Waals surface area contributed by atoms with Crippen molar-refractivity contribution >= 4 is 38.6 Å². The molecule has 3 aromatic carbocycles. The topological polar surface area (TPSA) is 41.8 Å². The van der Waals surface area contributed by atoms with E-state index in [1.165, 1.54) is 29.0 Å². The van der Waals surface area contributed by atoms with Gasteiger partial charge in [-0.3, -0.25) is 4.99 Å². The highest BCUT2D eigenvalue weighted by atomic mass is 79.9. The lowest BCUT2D eigenvalue weighted by atomic mass is 10.0. The number of phenolic OH excluding ortho intramolecular Hbond substituents is 1.